The quantitative estimate of drug-likeness (QED) is 0.819. The standard InChI is InChI=1S/C12H21N5O/c1-10-3-6-16(7-4-10)12(18)9-17-8-11(2-5-13)14-15-17/h8,10H,2-7,9,13H2,1H3. The fourth-order valence-corrected chi connectivity index (χ4v) is 2.17. The molecule has 0 unspecified atom stereocenters. The van der Waals surface area contributed by atoms with Gasteiger partial charge in [0.2, 0.25) is 5.91 Å². The average molecular weight is 251 g/mol. The molecule has 1 aromatic heterocycles. The van der Waals surface area contributed by atoms with Crippen molar-refractivity contribution in [2.24, 2.45) is 11.7 Å². The van der Waals surface area contributed by atoms with Gasteiger partial charge in [0, 0.05) is 25.7 Å². The number of amides is 1. The molecule has 0 aliphatic carbocycles. The first-order chi connectivity index (χ1) is 8.69. The molecule has 0 radical (unpaired) electrons. The van der Waals surface area contributed by atoms with Crippen LogP contribution in [-0.2, 0) is 17.8 Å². The summed E-state index contributed by atoms with van der Waals surface area (Å²) in [6.07, 6.45) is 4.70. The Kier molecular flexibility index (Phi) is 4.30. The summed E-state index contributed by atoms with van der Waals surface area (Å²) >= 11 is 0. The number of rotatable bonds is 4. The Morgan fingerprint density at radius 2 is 2.22 bits per heavy atom. The van der Waals surface area contributed by atoms with Gasteiger partial charge in [0.05, 0.1) is 5.69 Å². The molecule has 1 aliphatic rings. The van der Waals surface area contributed by atoms with Gasteiger partial charge in [-0.2, -0.15) is 0 Å². The molecule has 1 fully saturated rings. The molecule has 100 valence electrons. The molecule has 0 spiro atoms. The summed E-state index contributed by atoms with van der Waals surface area (Å²) in [6.45, 7) is 4.80. The lowest BCUT2D eigenvalue weighted by molar-refractivity contribution is -0.133. The first-order valence-electron chi connectivity index (χ1n) is 6.56. The second-order valence-electron chi connectivity index (χ2n) is 5.01. The minimum absolute atomic E-state index is 0.131. The maximum Gasteiger partial charge on any atom is 0.244 e. The lowest BCUT2D eigenvalue weighted by Crippen LogP contribution is -2.39. The Hall–Kier alpha value is -1.43. The van der Waals surface area contributed by atoms with Crippen LogP contribution in [-0.4, -0.2) is 45.4 Å². The van der Waals surface area contributed by atoms with E-state index in [0.717, 1.165) is 37.5 Å². The van der Waals surface area contributed by atoms with E-state index in [1.807, 2.05) is 4.90 Å². The van der Waals surface area contributed by atoms with Crippen molar-refractivity contribution in [3.8, 4) is 0 Å². The highest BCUT2D eigenvalue weighted by Crippen LogP contribution is 2.16. The van der Waals surface area contributed by atoms with E-state index < -0.39 is 0 Å². The normalized spacial score (nSPS) is 17.1. The van der Waals surface area contributed by atoms with Crippen molar-refractivity contribution in [3.63, 3.8) is 0 Å². The molecule has 0 aromatic carbocycles. The molecule has 1 saturated heterocycles. The van der Waals surface area contributed by atoms with E-state index in [-0.39, 0.29) is 12.5 Å². The molecule has 6 heteroatoms. The third kappa shape index (κ3) is 3.29. The van der Waals surface area contributed by atoms with Crippen LogP contribution in [0.5, 0.6) is 0 Å². The highest BCUT2D eigenvalue weighted by Gasteiger charge is 2.20. The maximum absolute atomic E-state index is 12.1. The molecular formula is C12H21N5O. The highest BCUT2D eigenvalue weighted by atomic mass is 16.2. The summed E-state index contributed by atoms with van der Waals surface area (Å²) in [6, 6.07) is 0. The van der Waals surface area contributed by atoms with Gasteiger partial charge in [0.25, 0.3) is 0 Å². The first-order valence-corrected chi connectivity index (χ1v) is 6.56. The predicted molar refractivity (Wildman–Crippen MR) is 67.8 cm³/mol. The third-order valence-corrected chi connectivity index (χ3v) is 3.42. The molecule has 18 heavy (non-hydrogen) atoms. The minimum atomic E-state index is 0.131. The largest absolute Gasteiger partial charge is 0.341 e. The molecule has 1 aliphatic heterocycles. The van der Waals surface area contributed by atoms with Crippen LogP contribution in [0.3, 0.4) is 0 Å². The molecular weight excluding hydrogens is 230 g/mol. The van der Waals surface area contributed by atoms with Crippen LogP contribution in [0.4, 0.5) is 0 Å². The van der Waals surface area contributed by atoms with Crippen molar-refractivity contribution in [3.05, 3.63) is 11.9 Å². The SMILES string of the molecule is CC1CCN(C(=O)Cn2cc(CCN)nn2)CC1. The van der Waals surface area contributed by atoms with E-state index >= 15 is 0 Å². The van der Waals surface area contributed by atoms with Gasteiger partial charge in [-0.1, -0.05) is 12.1 Å². The van der Waals surface area contributed by atoms with Crippen molar-refractivity contribution in [2.45, 2.75) is 32.7 Å². The van der Waals surface area contributed by atoms with Crippen molar-refractivity contribution >= 4 is 5.91 Å². The van der Waals surface area contributed by atoms with Gasteiger partial charge in [-0.05, 0) is 25.3 Å². The average Bonchev–Trinajstić information content (AvgIpc) is 2.78. The van der Waals surface area contributed by atoms with Crippen molar-refractivity contribution in [2.75, 3.05) is 19.6 Å². The summed E-state index contributed by atoms with van der Waals surface area (Å²) in [5.41, 5.74) is 6.29. The van der Waals surface area contributed by atoms with Crippen LogP contribution < -0.4 is 5.73 Å². The van der Waals surface area contributed by atoms with Crippen LogP contribution >= 0.6 is 0 Å². The molecule has 0 saturated carbocycles. The van der Waals surface area contributed by atoms with E-state index in [1.165, 1.54) is 0 Å². The summed E-state index contributed by atoms with van der Waals surface area (Å²) in [5, 5.41) is 7.93. The molecule has 2 N–H and O–H groups in total. The zero-order valence-electron chi connectivity index (χ0n) is 10.9. The van der Waals surface area contributed by atoms with Gasteiger partial charge in [-0.15, -0.1) is 5.10 Å². The van der Waals surface area contributed by atoms with Gasteiger partial charge in [0.1, 0.15) is 6.54 Å². The fourth-order valence-electron chi connectivity index (χ4n) is 2.17. The maximum atomic E-state index is 12.1. The Bertz CT molecular complexity index is 395. The Morgan fingerprint density at radius 1 is 1.50 bits per heavy atom. The van der Waals surface area contributed by atoms with Gasteiger partial charge in [-0.25, -0.2) is 4.68 Å². The monoisotopic (exact) mass is 251 g/mol. The second kappa shape index (κ2) is 5.95. The summed E-state index contributed by atoms with van der Waals surface area (Å²) < 4.78 is 1.60. The Morgan fingerprint density at radius 3 is 2.89 bits per heavy atom. The summed E-state index contributed by atoms with van der Waals surface area (Å²) in [4.78, 5) is 14.0. The summed E-state index contributed by atoms with van der Waals surface area (Å²) in [5.74, 6) is 0.864. The van der Waals surface area contributed by atoms with Gasteiger partial charge in [0.15, 0.2) is 0 Å². The Labute approximate surface area is 107 Å². The van der Waals surface area contributed by atoms with E-state index in [9.17, 15) is 4.79 Å². The van der Waals surface area contributed by atoms with Crippen molar-refractivity contribution in [1.29, 1.82) is 0 Å². The van der Waals surface area contributed by atoms with Crippen molar-refractivity contribution in [1.82, 2.24) is 19.9 Å². The first kappa shape index (κ1) is 13.0. The highest BCUT2D eigenvalue weighted by molar-refractivity contribution is 5.75. The number of hydrogen-bond acceptors (Lipinski definition) is 4. The number of hydrogen-bond donors (Lipinski definition) is 1. The number of nitrogens with zero attached hydrogens (tertiary/aromatic N) is 4. The lowest BCUT2D eigenvalue weighted by Gasteiger charge is -2.30. The summed E-state index contributed by atoms with van der Waals surface area (Å²) in [7, 11) is 0. The molecule has 6 nitrogen and oxygen atoms in total. The topological polar surface area (TPSA) is 77.0 Å². The lowest BCUT2D eigenvalue weighted by atomic mass is 9.99. The van der Waals surface area contributed by atoms with E-state index in [0.29, 0.717) is 13.0 Å². The number of carbonyl (C=O) groups is 1. The molecule has 1 amide bonds. The van der Waals surface area contributed by atoms with Crippen LogP contribution in [0.25, 0.3) is 0 Å². The predicted octanol–water partition coefficient (Wildman–Crippen LogP) is 0.0378. The van der Waals surface area contributed by atoms with Crippen LogP contribution in [0.15, 0.2) is 6.20 Å². The molecule has 2 rings (SSSR count). The van der Waals surface area contributed by atoms with Crippen LogP contribution in [0.2, 0.25) is 0 Å². The minimum Gasteiger partial charge on any atom is -0.341 e. The smallest absolute Gasteiger partial charge is 0.244 e. The number of nitrogens with two attached hydrogens (primary N) is 1. The second-order valence-corrected chi connectivity index (χ2v) is 5.01. The van der Waals surface area contributed by atoms with E-state index in [4.69, 9.17) is 5.73 Å². The Balaban J connectivity index is 1.86. The van der Waals surface area contributed by atoms with Gasteiger partial charge >= 0.3 is 0 Å². The molecule has 1 aromatic rings. The zero-order valence-corrected chi connectivity index (χ0v) is 10.9. The van der Waals surface area contributed by atoms with E-state index in [2.05, 4.69) is 17.2 Å². The fraction of sp³-hybridized carbons (Fsp3) is 0.750. The number of carbonyl (C=O) groups excluding carboxylic acids is 1. The molecule has 0 atom stereocenters. The molecule has 0 bridgehead atoms. The van der Waals surface area contributed by atoms with Crippen LogP contribution in [0.1, 0.15) is 25.5 Å². The zero-order chi connectivity index (χ0) is 13.0. The van der Waals surface area contributed by atoms with Crippen LogP contribution in [0, 0.1) is 5.92 Å². The van der Waals surface area contributed by atoms with Gasteiger partial charge in [-0.3, -0.25) is 4.79 Å². The molecule has 2 heterocycles. The van der Waals surface area contributed by atoms with E-state index in [1.54, 1.807) is 10.9 Å². The van der Waals surface area contributed by atoms with Crippen molar-refractivity contribution < 1.29 is 4.79 Å². The number of aromatic nitrogens is 3. The third-order valence-electron chi connectivity index (χ3n) is 3.42. The number of likely N-dealkylation sites (tertiary alicyclic amines) is 1. The van der Waals surface area contributed by atoms with Gasteiger partial charge < -0.3 is 10.6 Å². The number of piperidine rings is 1.